The minimum absolute atomic E-state index is 0. The number of hydrogen-bond donors (Lipinski definition) is 1. The summed E-state index contributed by atoms with van der Waals surface area (Å²) in [7, 11) is 2.14. The Hall–Kier alpha value is -0.0800. The van der Waals surface area contributed by atoms with Crippen molar-refractivity contribution in [3.05, 3.63) is 0 Å². The molecule has 0 aromatic heterocycles. The van der Waals surface area contributed by atoms with E-state index in [2.05, 4.69) is 56.8 Å². The molecule has 2 saturated heterocycles. The van der Waals surface area contributed by atoms with E-state index in [9.17, 15) is 0 Å². The molecule has 0 saturated carbocycles. The minimum atomic E-state index is 0. The molecule has 0 aromatic rings. The predicted octanol–water partition coefficient (Wildman–Crippen LogP) is 2.02. The largest absolute Gasteiger partial charge is 0.374 e. The Labute approximate surface area is 152 Å². The van der Waals surface area contributed by atoms with Gasteiger partial charge in [-0.15, -0.1) is 24.0 Å². The van der Waals surface area contributed by atoms with Crippen LogP contribution in [0.25, 0.3) is 0 Å². The number of aliphatic imine (C=N–C) groups is 1. The molecule has 0 spiro atoms. The molecule has 0 aliphatic carbocycles. The van der Waals surface area contributed by atoms with Gasteiger partial charge < -0.3 is 19.9 Å². The smallest absolute Gasteiger partial charge is 0.194 e. The lowest BCUT2D eigenvalue weighted by molar-refractivity contribution is -0.0672. The number of halogens is 1. The number of nitrogens with one attached hydrogen (secondary N) is 1. The van der Waals surface area contributed by atoms with Crippen molar-refractivity contribution in [2.75, 3.05) is 46.4 Å². The highest BCUT2D eigenvalue weighted by Crippen LogP contribution is 2.46. The molecule has 2 rings (SSSR count). The Kier molecular flexibility index (Phi) is 6.95. The standard InChI is InChI=1S/C16H32N4O.HI/c1-7-17-14(20-12-15(2,3)16(20,4)5)18-10-13-11-19(6)8-9-21-13;/h13H,7-12H2,1-6H3,(H,17,18);1H. The molecule has 2 fully saturated rings. The second kappa shape index (κ2) is 7.66. The van der Waals surface area contributed by atoms with Gasteiger partial charge in [-0.25, -0.2) is 0 Å². The quantitative estimate of drug-likeness (QED) is 0.428. The van der Waals surface area contributed by atoms with Gasteiger partial charge >= 0.3 is 0 Å². The molecule has 6 heteroatoms. The van der Waals surface area contributed by atoms with E-state index in [4.69, 9.17) is 9.73 Å². The topological polar surface area (TPSA) is 40.1 Å². The zero-order valence-corrected chi connectivity index (χ0v) is 17.3. The number of guanidine groups is 1. The summed E-state index contributed by atoms with van der Waals surface area (Å²) in [5, 5.41) is 3.44. The molecule has 0 aromatic carbocycles. The summed E-state index contributed by atoms with van der Waals surface area (Å²) in [6.45, 7) is 16.9. The molecule has 2 aliphatic rings. The highest BCUT2D eigenvalue weighted by atomic mass is 127. The molecule has 2 aliphatic heterocycles. The van der Waals surface area contributed by atoms with E-state index in [1.807, 2.05) is 0 Å². The van der Waals surface area contributed by atoms with Crippen LogP contribution in [-0.2, 0) is 4.74 Å². The van der Waals surface area contributed by atoms with E-state index in [1.54, 1.807) is 0 Å². The fraction of sp³-hybridized carbons (Fsp3) is 0.938. The highest BCUT2D eigenvalue weighted by Gasteiger charge is 2.53. The Morgan fingerprint density at radius 1 is 1.32 bits per heavy atom. The van der Waals surface area contributed by atoms with Crippen LogP contribution in [0.3, 0.4) is 0 Å². The lowest BCUT2D eigenvalue weighted by atomic mass is 9.65. The summed E-state index contributed by atoms with van der Waals surface area (Å²) < 4.78 is 5.81. The van der Waals surface area contributed by atoms with Crippen molar-refractivity contribution in [2.45, 2.75) is 46.3 Å². The van der Waals surface area contributed by atoms with E-state index in [0.717, 1.165) is 45.3 Å². The van der Waals surface area contributed by atoms with E-state index in [1.165, 1.54) is 0 Å². The van der Waals surface area contributed by atoms with Crippen LogP contribution in [0, 0.1) is 5.41 Å². The number of hydrogen-bond acceptors (Lipinski definition) is 3. The maximum absolute atomic E-state index is 5.81. The number of likely N-dealkylation sites (tertiary alicyclic amines) is 1. The third kappa shape index (κ3) is 4.06. The average Bonchev–Trinajstić information content (AvgIpc) is 2.41. The van der Waals surface area contributed by atoms with Gasteiger partial charge in [0.2, 0.25) is 0 Å². The second-order valence-corrected chi connectivity index (χ2v) is 7.48. The van der Waals surface area contributed by atoms with Crippen LogP contribution < -0.4 is 5.32 Å². The summed E-state index contributed by atoms with van der Waals surface area (Å²) in [6, 6.07) is 0. The predicted molar refractivity (Wildman–Crippen MR) is 103 cm³/mol. The Morgan fingerprint density at radius 3 is 2.50 bits per heavy atom. The first-order valence-corrected chi connectivity index (χ1v) is 8.14. The fourth-order valence-corrected chi connectivity index (χ4v) is 2.96. The van der Waals surface area contributed by atoms with Gasteiger partial charge in [-0.1, -0.05) is 13.8 Å². The van der Waals surface area contributed by atoms with Crippen molar-refractivity contribution in [1.82, 2.24) is 15.1 Å². The fourth-order valence-electron chi connectivity index (χ4n) is 2.96. The van der Waals surface area contributed by atoms with E-state index in [-0.39, 0.29) is 35.6 Å². The summed E-state index contributed by atoms with van der Waals surface area (Å²) in [6.07, 6.45) is 0.217. The third-order valence-electron chi connectivity index (χ3n) is 5.26. The molecule has 2 heterocycles. The molecule has 130 valence electrons. The van der Waals surface area contributed by atoms with Crippen LogP contribution in [0.2, 0.25) is 0 Å². The number of ether oxygens (including phenoxy) is 1. The van der Waals surface area contributed by atoms with Crippen molar-refractivity contribution < 1.29 is 4.74 Å². The van der Waals surface area contributed by atoms with Gasteiger partial charge in [0.25, 0.3) is 0 Å². The summed E-state index contributed by atoms with van der Waals surface area (Å²) in [5.74, 6) is 1.03. The molecule has 1 N–H and O–H groups in total. The molecule has 0 amide bonds. The molecule has 1 atom stereocenters. The van der Waals surface area contributed by atoms with Crippen molar-refractivity contribution in [2.24, 2.45) is 10.4 Å². The van der Waals surface area contributed by atoms with Gasteiger partial charge in [0.05, 0.1) is 19.3 Å². The highest BCUT2D eigenvalue weighted by molar-refractivity contribution is 14.0. The van der Waals surface area contributed by atoms with Gasteiger partial charge in [-0.05, 0) is 27.8 Å². The first kappa shape index (κ1) is 20.0. The molecule has 0 bridgehead atoms. The third-order valence-corrected chi connectivity index (χ3v) is 5.26. The average molecular weight is 424 g/mol. The van der Waals surface area contributed by atoms with Gasteiger partial charge in [0.15, 0.2) is 5.96 Å². The summed E-state index contributed by atoms with van der Waals surface area (Å²) in [4.78, 5) is 9.54. The minimum Gasteiger partial charge on any atom is -0.374 e. The van der Waals surface area contributed by atoms with Crippen LogP contribution in [0.1, 0.15) is 34.6 Å². The second-order valence-electron chi connectivity index (χ2n) is 7.48. The summed E-state index contributed by atoms with van der Waals surface area (Å²) >= 11 is 0. The van der Waals surface area contributed by atoms with E-state index < -0.39 is 0 Å². The monoisotopic (exact) mass is 424 g/mol. The molecule has 0 radical (unpaired) electrons. The van der Waals surface area contributed by atoms with Crippen molar-refractivity contribution >= 4 is 29.9 Å². The number of morpholine rings is 1. The first-order valence-electron chi connectivity index (χ1n) is 8.14. The van der Waals surface area contributed by atoms with Crippen LogP contribution >= 0.6 is 24.0 Å². The van der Waals surface area contributed by atoms with Crippen LogP contribution in [0.15, 0.2) is 4.99 Å². The summed E-state index contributed by atoms with van der Waals surface area (Å²) in [5.41, 5.74) is 0.461. The lowest BCUT2D eigenvalue weighted by Crippen LogP contribution is -2.72. The normalized spacial score (nSPS) is 27.8. The molecular weight excluding hydrogens is 391 g/mol. The maximum Gasteiger partial charge on any atom is 0.194 e. The van der Waals surface area contributed by atoms with Crippen LogP contribution in [-0.4, -0.2) is 73.8 Å². The Balaban J connectivity index is 0.00000242. The molecule has 1 unspecified atom stereocenters. The number of likely N-dealkylation sites (N-methyl/N-ethyl adjacent to an activating group) is 1. The Bertz CT molecular complexity index is 398. The van der Waals surface area contributed by atoms with Gasteiger partial charge in [-0.2, -0.15) is 0 Å². The lowest BCUT2D eigenvalue weighted by Gasteiger charge is -2.62. The zero-order valence-electron chi connectivity index (χ0n) is 15.0. The van der Waals surface area contributed by atoms with E-state index >= 15 is 0 Å². The number of nitrogens with zero attached hydrogens (tertiary/aromatic N) is 3. The van der Waals surface area contributed by atoms with Gasteiger partial charge in [0, 0.05) is 37.1 Å². The van der Waals surface area contributed by atoms with E-state index in [0.29, 0.717) is 5.41 Å². The maximum atomic E-state index is 5.81. The SMILES string of the molecule is CCNC(=NCC1CN(C)CCO1)N1CC(C)(C)C1(C)C.I. The first-order chi connectivity index (χ1) is 9.78. The van der Waals surface area contributed by atoms with Crippen molar-refractivity contribution in [1.29, 1.82) is 0 Å². The molecular formula is C16H33IN4O. The van der Waals surface area contributed by atoms with Gasteiger partial charge in [0.1, 0.15) is 0 Å². The molecule has 22 heavy (non-hydrogen) atoms. The van der Waals surface area contributed by atoms with Crippen LogP contribution in [0.4, 0.5) is 0 Å². The van der Waals surface area contributed by atoms with Crippen molar-refractivity contribution in [3.8, 4) is 0 Å². The molecule has 5 nitrogen and oxygen atoms in total. The van der Waals surface area contributed by atoms with Gasteiger partial charge in [-0.3, -0.25) is 4.99 Å². The number of rotatable bonds is 3. The zero-order chi connectivity index (χ0) is 15.7. The van der Waals surface area contributed by atoms with Crippen molar-refractivity contribution in [3.63, 3.8) is 0 Å². The van der Waals surface area contributed by atoms with Crippen LogP contribution in [0.5, 0.6) is 0 Å². The Morgan fingerprint density at radius 2 is 2.00 bits per heavy atom.